The van der Waals surface area contributed by atoms with Gasteiger partial charge in [0.1, 0.15) is 11.5 Å². The molecule has 4 rings (SSSR count). The SMILES string of the molecule is Cc1cc(Oc2cc(Cl)ccc2CNC(=O)C(=O)N2CCN(S(=O)(=O)c3c(C)c(C)cc(C)c3C)CC2)ccc1Cl. The van der Waals surface area contributed by atoms with Gasteiger partial charge in [-0.25, -0.2) is 8.42 Å². The minimum absolute atomic E-state index is 0.0310. The Morgan fingerprint density at radius 1 is 0.854 bits per heavy atom. The van der Waals surface area contributed by atoms with Gasteiger partial charge in [0.2, 0.25) is 10.0 Å². The van der Waals surface area contributed by atoms with Crippen LogP contribution in [0.15, 0.2) is 47.4 Å². The van der Waals surface area contributed by atoms with Crippen molar-refractivity contribution in [2.24, 2.45) is 0 Å². The van der Waals surface area contributed by atoms with E-state index in [9.17, 15) is 18.0 Å². The van der Waals surface area contributed by atoms with Crippen LogP contribution < -0.4 is 10.1 Å². The molecule has 2 amide bonds. The number of ether oxygens (including phenoxy) is 1. The van der Waals surface area contributed by atoms with Gasteiger partial charge in [-0.1, -0.05) is 35.3 Å². The fourth-order valence-corrected chi connectivity index (χ4v) is 7.08. The molecule has 0 radical (unpaired) electrons. The van der Waals surface area contributed by atoms with Gasteiger partial charge in [0.25, 0.3) is 0 Å². The molecule has 1 aliphatic heterocycles. The van der Waals surface area contributed by atoms with Crippen molar-refractivity contribution in [2.45, 2.75) is 46.1 Å². The van der Waals surface area contributed by atoms with Crippen LogP contribution in [-0.4, -0.2) is 55.6 Å². The van der Waals surface area contributed by atoms with Crippen LogP contribution >= 0.6 is 23.2 Å². The topological polar surface area (TPSA) is 96.0 Å². The predicted octanol–water partition coefficient (Wildman–Crippen LogP) is 5.48. The van der Waals surface area contributed by atoms with E-state index in [4.69, 9.17) is 27.9 Å². The lowest BCUT2D eigenvalue weighted by molar-refractivity contribution is -0.146. The Bertz CT molecular complexity index is 1590. The molecular formula is C30H33Cl2N3O5S. The first-order valence-corrected chi connectivity index (χ1v) is 15.4. The second-order valence-electron chi connectivity index (χ2n) is 10.2. The zero-order chi connectivity index (χ0) is 30.1. The highest BCUT2D eigenvalue weighted by Gasteiger charge is 2.34. The number of carbonyl (C=O) groups is 2. The molecule has 0 aliphatic carbocycles. The smallest absolute Gasteiger partial charge is 0.311 e. The zero-order valence-electron chi connectivity index (χ0n) is 23.7. The van der Waals surface area contributed by atoms with E-state index in [0.717, 1.165) is 27.8 Å². The minimum atomic E-state index is -3.76. The summed E-state index contributed by atoms with van der Waals surface area (Å²) >= 11 is 12.3. The third kappa shape index (κ3) is 6.70. The van der Waals surface area contributed by atoms with Crippen LogP contribution in [-0.2, 0) is 26.2 Å². The van der Waals surface area contributed by atoms with E-state index in [1.165, 1.54) is 9.21 Å². The number of rotatable bonds is 6. The molecule has 0 unspecified atom stereocenters. The summed E-state index contributed by atoms with van der Waals surface area (Å²) < 4.78 is 34.5. The molecule has 1 aliphatic rings. The second-order valence-corrected chi connectivity index (χ2v) is 13.0. The van der Waals surface area contributed by atoms with E-state index < -0.39 is 21.8 Å². The number of piperazine rings is 1. The summed E-state index contributed by atoms with van der Waals surface area (Å²) in [6.07, 6.45) is 0. The summed E-state index contributed by atoms with van der Waals surface area (Å²) in [5, 5.41) is 3.72. The third-order valence-corrected chi connectivity index (χ3v) is 10.3. The Morgan fingerprint density at radius 2 is 1.49 bits per heavy atom. The van der Waals surface area contributed by atoms with Crippen molar-refractivity contribution >= 4 is 45.0 Å². The molecule has 3 aromatic carbocycles. The Kier molecular flexibility index (Phi) is 9.33. The highest BCUT2D eigenvalue weighted by atomic mass is 35.5. The summed E-state index contributed by atoms with van der Waals surface area (Å²) in [5.41, 5.74) is 4.74. The molecule has 0 saturated carbocycles. The molecule has 0 bridgehead atoms. The summed E-state index contributed by atoms with van der Waals surface area (Å²) in [4.78, 5) is 27.4. The monoisotopic (exact) mass is 617 g/mol. The van der Waals surface area contributed by atoms with E-state index in [-0.39, 0.29) is 32.7 Å². The number of hydrogen-bond donors (Lipinski definition) is 1. The fourth-order valence-electron chi connectivity index (χ4n) is 4.80. The van der Waals surface area contributed by atoms with Gasteiger partial charge < -0.3 is 15.0 Å². The van der Waals surface area contributed by atoms with Gasteiger partial charge in [0.15, 0.2) is 0 Å². The molecule has 1 saturated heterocycles. The third-order valence-electron chi connectivity index (χ3n) is 7.44. The molecular weight excluding hydrogens is 585 g/mol. The van der Waals surface area contributed by atoms with Gasteiger partial charge in [-0.05, 0) is 92.8 Å². The molecule has 11 heteroatoms. The zero-order valence-corrected chi connectivity index (χ0v) is 26.0. The van der Waals surface area contributed by atoms with Crippen molar-refractivity contribution in [2.75, 3.05) is 26.2 Å². The molecule has 0 spiro atoms. The standard InChI is InChI=1S/C30H33Cl2N3O5S/c1-18-14-19(2)22(5)28(21(18)4)41(38,39)35-12-10-34(11-13-35)30(37)29(36)33-17-23-6-7-24(31)16-27(23)40-25-8-9-26(32)20(3)15-25/h6-9,14-16H,10-13,17H2,1-5H3,(H,33,36). The molecule has 0 aromatic heterocycles. The van der Waals surface area contributed by atoms with Crippen molar-refractivity contribution in [3.8, 4) is 11.5 Å². The van der Waals surface area contributed by atoms with Crippen LogP contribution in [0.5, 0.6) is 11.5 Å². The Hall–Kier alpha value is -3.11. The van der Waals surface area contributed by atoms with E-state index in [2.05, 4.69) is 5.32 Å². The Labute approximate surface area is 251 Å². The van der Waals surface area contributed by atoms with Gasteiger partial charge >= 0.3 is 11.8 Å². The van der Waals surface area contributed by atoms with E-state index in [0.29, 0.717) is 32.0 Å². The fraction of sp³-hybridized carbons (Fsp3) is 0.333. The normalized spacial score (nSPS) is 14.2. The lowest BCUT2D eigenvalue weighted by atomic mass is 10.0. The first-order valence-electron chi connectivity index (χ1n) is 13.2. The molecule has 3 aromatic rings. The van der Waals surface area contributed by atoms with Crippen LogP contribution in [0.1, 0.15) is 33.4 Å². The van der Waals surface area contributed by atoms with Gasteiger partial charge in [0.05, 0.1) is 4.90 Å². The molecule has 1 fully saturated rings. The second kappa shape index (κ2) is 12.4. The molecule has 0 atom stereocenters. The molecule has 41 heavy (non-hydrogen) atoms. The maximum Gasteiger partial charge on any atom is 0.311 e. The first kappa shape index (κ1) is 30.8. The average molecular weight is 619 g/mol. The van der Waals surface area contributed by atoms with Crippen molar-refractivity contribution in [3.05, 3.63) is 85.9 Å². The summed E-state index contributed by atoms with van der Waals surface area (Å²) in [6.45, 7) is 9.73. The molecule has 1 heterocycles. The Morgan fingerprint density at radius 3 is 2.10 bits per heavy atom. The van der Waals surface area contributed by atoms with Crippen molar-refractivity contribution in [1.82, 2.24) is 14.5 Å². The van der Waals surface area contributed by atoms with Crippen LogP contribution in [0.3, 0.4) is 0 Å². The first-order chi connectivity index (χ1) is 19.3. The number of nitrogens with one attached hydrogen (secondary N) is 1. The highest BCUT2D eigenvalue weighted by molar-refractivity contribution is 7.89. The van der Waals surface area contributed by atoms with Crippen molar-refractivity contribution < 1.29 is 22.7 Å². The summed E-state index contributed by atoms with van der Waals surface area (Å²) in [6, 6.07) is 12.2. The van der Waals surface area contributed by atoms with Gasteiger partial charge in [-0.2, -0.15) is 4.31 Å². The maximum absolute atomic E-state index is 13.5. The minimum Gasteiger partial charge on any atom is -0.457 e. The quantitative estimate of drug-likeness (QED) is 0.370. The summed E-state index contributed by atoms with van der Waals surface area (Å²) in [5.74, 6) is -0.518. The predicted molar refractivity (Wildman–Crippen MR) is 160 cm³/mol. The number of halogens is 2. The van der Waals surface area contributed by atoms with Crippen LogP contribution in [0, 0.1) is 34.6 Å². The lowest BCUT2D eigenvalue weighted by Gasteiger charge is -2.34. The van der Waals surface area contributed by atoms with Crippen LogP contribution in [0.4, 0.5) is 0 Å². The molecule has 218 valence electrons. The maximum atomic E-state index is 13.5. The number of carbonyl (C=O) groups excluding carboxylic acids is 2. The van der Waals surface area contributed by atoms with Crippen molar-refractivity contribution in [3.63, 3.8) is 0 Å². The number of nitrogens with zero attached hydrogens (tertiary/aromatic N) is 2. The van der Waals surface area contributed by atoms with E-state index in [1.54, 1.807) is 36.4 Å². The van der Waals surface area contributed by atoms with Gasteiger partial charge in [0, 0.05) is 48.3 Å². The molecule has 8 nitrogen and oxygen atoms in total. The Balaban J connectivity index is 1.39. The lowest BCUT2D eigenvalue weighted by Crippen LogP contribution is -2.53. The van der Waals surface area contributed by atoms with E-state index in [1.807, 2.05) is 40.7 Å². The van der Waals surface area contributed by atoms with Gasteiger partial charge in [-0.15, -0.1) is 0 Å². The average Bonchev–Trinajstić information content (AvgIpc) is 2.93. The number of sulfonamides is 1. The van der Waals surface area contributed by atoms with Gasteiger partial charge in [-0.3, -0.25) is 9.59 Å². The molecule has 1 N–H and O–H groups in total. The van der Waals surface area contributed by atoms with Crippen LogP contribution in [0.25, 0.3) is 0 Å². The number of hydrogen-bond acceptors (Lipinski definition) is 5. The van der Waals surface area contributed by atoms with Crippen LogP contribution in [0.2, 0.25) is 10.0 Å². The number of amides is 2. The number of benzene rings is 3. The number of aryl methyl sites for hydroxylation is 3. The largest absolute Gasteiger partial charge is 0.457 e. The summed E-state index contributed by atoms with van der Waals surface area (Å²) in [7, 11) is -3.76. The van der Waals surface area contributed by atoms with E-state index >= 15 is 0 Å². The van der Waals surface area contributed by atoms with Crippen molar-refractivity contribution in [1.29, 1.82) is 0 Å². The highest BCUT2D eigenvalue weighted by Crippen LogP contribution is 2.31.